The highest BCUT2D eigenvalue weighted by molar-refractivity contribution is 5.83. The average molecular weight is 141 g/mol. The van der Waals surface area contributed by atoms with Crippen molar-refractivity contribution >= 4 is 5.91 Å². The number of hydrogen-bond acceptors (Lipinski definition) is 2. The molecule has 0 bridgehead atoms. The van der Waals surface area contributed by atoms with Crippen LogP contribution in [0.15, 0.2) is 0 Å². The van der Waals surface area contributed by atoms with Gasteiger partial charge in [-0.15, -0.1) is 0 Å². The van der Waals surface area contributed by atoms with Gasteiger partial charge >= 0.3 is 0 Å². The minimum Gasteiger partial charge on any atom is -0.363 e. The third-order valence-electron chi connectivity index (χ3n) is 2.03. The molecule has 1 atom stereocenters. The molecule has 2 rings (SSSR count). The number of rotatable bonds is 1. The van der Waals surface area contributed by atoms with Crippen LogP contribution in [0.2, 0.25) is 0 Å². The van der Waals surface area contributed by atoms with Gasteiger partial charge in [-0.3, -0.25) is 4.79 Å². The molecule has 0 saturated carbocycles. The Kier molecular flexibility index (Phi) is 1.38. The van der Waals surface area contributed by atoms with Crippen molar-refractivity contribution in [3.63, 3.8) is 0 Å². The van der Waals surface area contributed by atoms with Crippen molar-refractivity contribution in [3.8, 4) is 0 Å². The van der Waals surface area contributed by atoms with Crippen LogP contribution in [0.5, 0.6) is 0 Å². The Hall–Kier alpha value is -0.570. The summed E-state index contributed by atoms with van der Waals surface area (Å²) in [7, 11) is 0. The smallest absolute Gasteiger partial charge is 0.254 e. The van der Waals surface area contributed by atoms with E-state index in [0.717, 1.165) is 13.1 Å². The number of hydrogen-bond donors (Lipinski definition) is 0. The summed E-state index contributed by atoms with van der Waals surface area (Å²) < 4.78 is 4.89. The first-order chi connectivity index (χ1) is 4.88. The summed E-state index contributed by atoms with van der Waals surface area (Å²) >= 11 is 0. The Bertz CT molecular complexity index is 148. The zero-order valence-corrected chi connectivity index (χ0v) is 5.88. The lowest BCUT2D eigenvalue weighted by molar-refractivity contribution is -0.131. The quantitative estimate of drug-likeness (QED) is 0.482. The molecular weight excluding hydrogens is 130 g/mol. The van der Waals surface area contributed by atoms with E-state index in [0.29, 0.717) is 6.61 Å². The second kappa shape index (κ2) is 2.23. The SMILES string of the molecule is O=C(C1CO1)N1CCCC1. The second-order valence-electron chi connectivity index (χ2n) is 2.85. The standard InChI is InChI=1S/C7H11NO2/c9-7(6-5-10-6)8-3-1-2-4-8/h6H,1-5H2. The topological polar surface area (TPSA) is 32.8 Å². The first-order valence-corrected chi connectivity index (χ1v) is 3.78. The number of carbonyl (C=O) groups excluding carboxylic acids is 1. The molecule has 3 heteroatoms. The van der Waals surface area contributed by atoms with Crippen LogP contribution in [-0.4, -0.2) is 36.6 Å². The summed E-state index contributed by atoms with van der Waals surface area (Å²) in [5.74, 6) is 0.206. The number of likely N-dealkylation sites (tertiary alicyclic amines) is 1. The zero-order valence-electron chi connectivity index (χ0n) is 5.88. The summed E-state index contributed by atoms with van der Waals surface area (Å²) in [5, 5.41) is 0. The van der Waals surface area contributed by atoms with Gasteiger partial charge in [-0.05, 0) is 12.8 Å². The van der Waals surface area contributed by atoms with Crippen molar-refractivity contribution in [2.24, 2.45) is 0 Å². The highest BCUT2D eigenvalue weighted by Gasteiger charge is 2.35. The molecule has 10 heavy (non-hydrogen) atoms. The van der Waals surface area contributed by atoms with Gasteiger partial charge in [-0.2, -0.15) is 0 Å². The van der Waals surface area contributed by atoms with E-state index < -0.39 is 0 Å². The normalized spacial score (nSPS) is 30.8. The van der Waals surface area contributed by atoms with E-state index in [1.54, 1.807) is 0 Å². The van der Waals surface area contributed by atoms with Gasteiger partial charge in [0.25, 0.3) is 5.91 Å². The molecule has 0 aliphatic carbocycles. The summed E-state index contributed by atoms with van der Waals surface area (Å²) in [6.07, 6.45) is 2.26. The highest BCUT2D eigenvalue weighted by Crippen LogP contribution is 2.16. The van der Waals surface area contributed by atoms with Crippen molar-refractivity contribution < 1.29 is 9.53 Å². The van der Waals surface area contributed by atoms with Crippen molar-refractivity contribution in [2.45, 2.75) is 18.9 Å². The molecule has 0 N–H and O–H groups in total. The largest absolute Gasteiger partial charge is 0.363 e. The van der Waals surface area contributed by atoms with Crippen molar-refractivity contribution in [1.29, 1.82) is 0 Å². The maximum absolute atomic E-state index is 11.2. The first kappa shape index (κ1) is 6.16. The van der Waals surface area contributed by atoms with Crippen LogP contribution >= 0.6 is 0 Å². The van der Waals surface area contributed by atoms with Crippen LogP contribution in [-0.2, 0) is 9.53 Å². The van der Waals surface area contributed by atoms with Crippen molar-refractivity contribution in [1.82, 2.24) is 4.90 Å². The van der Waals surface area contributed by atoms with E-state index in [4.69, 9.17) is 4.74 Å². The molecule has 2 fully saturated rings. The summed E-state index contributed by atoms with van der Waals surface area (Å²) in [6, 6.07) is 0. The molecule has 0 aromatic heterocycles. The lowest BCUT2D eigenvalue weighted by atomic mass is 10.4. The van der Waals surface area contributed by atoms with Crippen LogP contribution in [0.4, 0.5) is 0 Å². The molecule has 0 spiro atoms. The Morgan fingerprint density at radius 1 is 1.40 bits per heavy atom. The van der Waals surface area contributed by atoms with Gasteiger partial charge in [0.05, 0.1) is 6.61 Å². The molecule has 2 aliphatic heterocycles. The Morgan fingerprint density at radius 3 is 2.50 bits per heavy atom. The molecular formula is C7H11NO2. The molecule has 1 unspecified atom stereocenters. The summed E-state index contributed by atoms with van der Waals surface area (Å²) in [6.45, 7) is 2.53. The summed E-state index contributed by atoms with van der Waals surface area (Å²) in [4.78, 5) is 13.1. The number of amides is 1. The molecule has 2 saturated heterocycles. The van der Waals surface area contributed by atoms with Gasteiger partial charge in [0.2, 0.25) is 0 Å². The van der Waals surface area contributed by atoms with E-state index in [1.807, 2.05) is 4.90 Å². The van der Waals surface area contributed by atoms with Gasteiger partial charge in [-0.1, -0.05) is 0 Å². The monoisotopic (exact) mass is 141 g/mol. The minimum absolute atomic E-state index is 0.0712. The van der Waals surface area contributed by atoms with Crippen LogP contribution in [0.1, 0.15) is 12.8 Å². The predicted octanol–water partition coefficient (Wildman–Crippen LogP) is 0.00760. The van der Waals surface area contributed by atoms with E-state index in [-0.39, 0.29) is 12.0 Å². The molecule has 1 amide bonds. The van der Waals surface area contributed by atoms with E-state index >= 15 is 0 Å². The number of ether oxygens (including phenoxy) is 1. The molecule has 2 heterocycles. The Labute approximate surface area is 60.0 Å². The van der Waals surface area contributed by atoms with Crippen molar-refractivity contribution in [2.75, 3.05) is 19.7 Å². The minimum atomic E-state index is -0.0712. The lowest BCUT2D eigenvalue weighted by Crippen LogP contribution is -2.31. The van der Waals surface area contributed by atoms with E-state index in [9.17, 15) is 4.79 Å². The summed E-state index contributed by atoms with van der Waals surface area (Å²) in [5.41, 5.74) is 0. The Balaban J connectivity index is 1.90. The molecule has 3 nitrogen and oxygen atoms in total. The van der Waals surface area contributed by atoms with Gasteiger partial charge in [-0.25, -0.2) is 0 Å². The van der Waals surface area contributed by atoms with Gasteiger partial charge in [0.1, 0.15) is 0 Å². The average Bonchev–Trinajstić information content (AvgIpc) is 2.65. The molecule has 2 aliphatic rings. The maximum atomic E-state index is 11.2. The first-order valence-electron chi connectivity index (χ1n) is 3.78. The van der Waals surface area contributed by atoms with Gasteiger partial charge < -0.3 is 9.64 Å². The van der Waals surface area contributed by atoms with Gasteiger partial charge in [0, 0.05) is 13.1 Å². The third-order valence-corrected chi connectivity index (χ3v) is 2.03. The Morgan fingerprint density at radius 2 is 2.00 bits per heavy atom. The molecule has 56 valence electrons. The predicted molar refractivity (Wildman–Crippen MR) is 35.6 cm³/mol. The van der Waals surface area contributed by atoms with Gasteiger partial charge in [0.15, 0.2) is 6.10 Å². The van der Waals surface area contributed by atoms with E-state index in [1.165, 1.54) is 12.8 Å². The molecule has 0 radical (unpaired) electrons. The van der Waals surface area contributed by atoms with Crippen LogP contribution in [0, 0.1) is 0 Å². The van der Waals surface area contributed by atoms with Crippen LogP contribution in [0.25, 0.3) is 0 Å². The number of epoxide rings is 1. The van der Waals surface area contributed by atoms with Crippen LogP contribution < -0.4 is 0 Å². The maximum Gasteiger partial charge on any atom is 0.254 e. The zero-order chi connectivity index (χ0) is 6.97. The van der Waals surface area contributed by atoms with Crippen LogP contribution in [0.3, 0.4) is 0 Å². The molecule has 0 aromatic carbocycles. The van der Waals surface area contributed by atoms with E-state index in [2.05, 4.69) is 0 Å². The fourth-order valence-electron chi connectivity index (χ4n) is 1.33. The number of nitrogens with zero attached hydrogens (tertiary/aromatic N) is 1. The molecule has 0 aromatic rings. The fourth-order valence-corrected chi connectivity index (χ4v) is 1.33. The number of carbonyl (C=O) groups is 1. The van der Waals surface area contributed by atoms with Crippen molar-refractivity contribution in [3.05, 3.63) is 0 Å². The third kappa shape index (κ3) is 1.01. The second-order valence-corrected chi connectivity index (χ2v) is 2.85. The highest BCUT2D eigenvalue weighted by atomic mass is 16.6. The lowest BCUT2D eigenvalue weighted by Gasteiger charge is -2.12. The fraction of sp³-hybridized carbons (Fsp3) is 0.857.